The molecule has 1 aliphatic rings. The van der Waals surface area contributed by atoms with Gasteiger partial charge in [-0.3, -0.25) is 9.59 Å². The van der Waals surface area contributed by atoms with E-state index in [9.17, 15) is 9.59 Å². The van der Waals surface area contributed by atoms with Gasteiger partial charge < -0.3 is 15.0 Å². The van der Waals surface area contributed by atoms with Gasteiger partial charge in [-0.05, 0) is 24.5 Å². The van der Waals surface area contributed by atoms with Crippen LogP contribution in [0.5, 0.6) is 0 Å². The van der Waals surface area contributed by atoms with Gasteiger partial charge in [0.1, 0.15) is 0 Å². The maximum atomic E-state index is 12.7. The van der Waals surface area contributed by atoms with Gasteiger partial charge in [0, 0.05) is 31.8 Å². The first-order valence-electron chi connectivity index (χ1n) is 9.28. The van der Waals surface area contributed by atoms with Gasteiger partial charge in [0.25, 0.3) is 5.91 Å². The van der Waals surface area contributed by atoms with Gasteiger partial charge in [0.15, 0.2) is 5.69 Å². The summed E-state index contributed by atoms with van der Waals surface area (Å²) < 4.78 is 6.59. The molecule has 1 aliphatic heterocycles. The van der Waals surface area contributed by atoms with Crippen molar-refractivity contribution in [1.82, 2.24) is 25.2 Å². The molecule has 9 heteroatoms. The third-order valence-electron chi connectivity index (χ3n) is 4.76. The van der Waals surface area contributed by atoms with Crippen molar-refractivity contribution in [2.75, 3.05) is 33.4 Å². The highest BCUT2D eigenvalue weighted by atomic mass is 35.5. The number of likely N-dealkylation sites (tertiary alicyclic amines) is 1. The fourth-order valence-corrected chi connectivity index (χ4v) is 3.43. The van der Waals surface area contributed by atoms with Crippen LogP contribution in [0.1, 0.15) is 34.9 Å². The number of amides is 2. The number of carbonyl (C=O) groups excluding carboxylic acids is 2. The minimum atomic E-state index is -0.286. The molecule has 3 rings (SSSR count). The Morgan fingerprint density at radius 3 is 2.96 bits per heavy atom. The van der Waals surface area contributed by atoms with Gasteiger partial charge in [-0.1, -0.05) is 35.0 Å². The zero-order valence-electron chi connectivity index (χ0n) is 15.8. The lowest BCUT2D eigenvalue weighted by molar-refractivity contribution is -0.132. The van der Waals surface area contributed by atoms with Gasteiger partial charge in [0.05, 0.1) is 25.3 Å². The van der Waals surface area contributed by atoms with Crippen LogP contribution in [0.2, 0.25) is 5.02 Å². The van der Waals surface area contributed by atoms with E-state index in [1.807, 2.05) is 23.1 Å². The Hall–Kier alpha value is -2.45. The van der Waals surface area contributed by atoms with Crippen LogP contribution in [-0.2, 0) is 16.0 Å². The lowest BCUT2D eigenvalue weighted by atomic mass is 10.0. The number of nitrogens with zero attached hydrogens (tertiary/aromatic N) is 4. The third-order valence-corrected chi connectivity index (χ3v) is 5.13. The number of rotatable bonds is 7. The molecule has 2 amide bonds. The van der Waals surface area contributed by atoms with Gasteiger partial charge in [-0.15, -0.1) is 5.10 Å². The van der Waals surface area contributed by atoms with E-state index in [0.29, 0.717) is 31.3 Å². The van der Waals surface area contributed by atoms with Gasteiger partial charge in [0.2, 0.25) is 5.91 Å². The summed E-state index contributed by atoms with van der Waals surface area (Å²) in [6.07, 6.45) is 3.66. The zero-order chi connectivity index (χ0) is 19.9. The number of ether oxygens (including phenoxy) is 1. The molecule has 1 aromatic heterocycles. The Bertz CT molecular complexity index is 825. The van der Waals surface area contributed by atoms with E-state index >= 15 is 0 Å². The number of aromatic nitrogens is 3. The number of nitrogens with one attached hydrogen (secondary N) is 1. The van der Waals surface area contributed by atoms with E-state index in [4.69, 9.17) is 16.3 Å². The summed E-state index contributed by atoms with van der Waals surface area (Å²) >= 11 is 6.17. The van der Waals surface area contributed by atoms with Crippen LogP contribution in [0.4, 0.5) is 0 Å². The van der Waals surface area contributed by atoms with Crippen molar-refractivity contribution in [1.29, 1.82) is 0 Å². The monoisotopic (exact) mass is 405 g/mol. The van der Waals surface area contributed by atoms with E-state index < -0.39 is 0 Å². The topological polar surface area (TPSA) is 89.4 Å². The van der Waals surface area contributed by atoms with E-state index in [1.54, 1.807) is 24.1 Å². The van der Waals surface area contributed by atoms with Crippen LogP contribution in [-0.4, -0.2) is 65.1 Å². The van der Waals surface area contributed by atoms with Crippen LogP contribution in [0.3, 0.4) is 0 Å². The predicted molar refractivity (Wildman–Crippen MR) is 104 cm³/mol. The SMILES string of the molecule is COCCNC(=O)c1cn(C2CCCN(C(=O)Cc3ccccc3Cl)C2)nn1. The molecule has 0 bridgehead atoms. The van der Waals surface area contributed by atoms with Crippen LogP contribution in [0.15, 0.2) is 30.5 Å². The fourth-order valence-electron chi connectivity index (χ4n) is 3.23. The average Bonchev–Trinajstić information content (AvgIpc) is 3.20. The van der Waals surface area contributed by atoms with Crippen molar-refractivity contribution < 1.29 is 14.3 Å². The fraction of sp³-hybridized carbons (Fsp3) is 0.474. The minimum absolute atomic E-state index is 0.00281. The molecule has 0 radical (unpaired) electrons. The largest absolute Gasteiger partial charge is 0.383 e. The summed E-state index contributed by atoms with van der Waals surface area (Å²) in [6, 6.07) is 7.38. The molecule has 28 heavy (non-hydrogen) atoms. The summed E-state index contributed by atoms with van der Waals surface area (Å²) in [6.45, 7) is 2.09. The Kier molecular flexibility index (Phi) is 7.00. The summed E-state index contributed by atoms with van der Waals surface area (Å²) in [5, 5.41) is 11.4. The predicted octanol–water partition coefficient (Wildman–Crippen LogP) is 1.71. The van der Waals surface area contributed by atoms with Crippen LogP contribution >= 0.6 is 11.6 Å². The summed E-state index contributed by atoms with van der Waals surface area (Å²) in [7, 11) is 1.57. The molecule has 0 spiro atoms. The lowest BCUT2D eigenvalue weighted by Crippen LogP contribution is -2.41. The second-order valence-electron chi connectivity index (χ2n) is 6.74. The molecule has 150 valence electrons. The van der Waals surface area contributed by atoms with Crippen molar-refractivity contribution in [2.24, 2.45) is 0 Å². The Morgan fingerprint density at radius 1 is 1.36 bits per heavy atom. The highest BCUT2D eigenvalue weighted by Crippen LogP contribution is 2.23. The minimum Gasteiger partial charge on any atom is -0.383 e. The molecule has 1 fully saturated rings. The lowest BCUT2D eigenvalue weighted by Gasteiger charge is -2.32. The van der Waals surface area contributed by atoms with Crippen molar-refractivity contribution in [3.8, 4) is 0 Å². The molecular weight excluding hydrogens is 382 g/mol. The molecule has 0 aliphatic carbocycles. The third kappa shape index (κ3) is 5.08. The van der Waals surface area contributed by atoms with Gasteiger partial charge in [-0.25, -0.2) is 4.68 Å². The maximum Gasteiger partial charge on any atom is 0.273 e. The number of hydrogen-bond acceptors (Lipinski definition) is 5. The quantitative estimate of drug-likeness (QED) is 0.708. The average molecular weight is 406 g/mol. The Labute approximate surface area is 168 Å². The second-order valence-corrected chi connectivity index (χ2v) is 7.14. The standard InChI is InChI=1S/C19H24ClN5O3/c1-28-10-8-21-19(27)17-13-25(23-22-17)15-6-4-9-24(12-15)18(26)11-14-5-2-3-7-16(14)20/h2-3,5,7,13,15H,4,6,8-12H2,1H3,(H,21,27). The molecule has 1 saturated heterocycles. The smallest absolute Gasteiger partial charge is 0.273 e. The van der Waals surface area contributed by atoms with E-state index in [-0.39, 0.29) is 30.0 Å². The number of methoxy groups -OCH3 is 1. The summed E-state index contributed by atoms with van der Waals surface area (Å²) in [5.74, 6) is -0.249. The number of halogens is 1. The second kappa shape index (κ2) is 9.66. The molecular formula is C19H24ClN5O3. The first-order chi connectivity index (χ1) is 13.6. The van der Waals surface area contributed by atoms with Gasteiger partial charge in [-0.2, -0.15) is 0 Å². The number of hydrogen-bond donors (Lipinski definition) is 1. The van der Waals surface area contributed by atoms with Crippen molar-refractivity contribution in [2.45, 2.75) is 25.3 Å². The number of piperidine rings is 1. The van der Waals surface area contributed by atoms with Crippen LogP contribution in [0, 0.1) is 0 Å². The Balaban J connectivity index is 1.59. The molecule has 1 N–H and O–H groups in total. The van der Waals surface area contributed by atoms with Crippen molar-refractivity contribution >= 4 is 23.4 Å². The molecule has 1 atom stereocenters. The first-order valence-corrected chi connectivity index (χ1v) is 9.66. The van der Waals surface area contributed by atoms with Crippen molar-refractivity contribution in [3.05, 3.63) is 46.7 Å². The molecule has 2 heterocycles. The summed E-state index contributed by atoms with van der Waals surface area (Å²) in [4.78, 5) is 26.6. The molecule has 8 nitrogen and oxygen atoms in total. The van der Waals surface area contributed by atoms with E-state index in [1.165, 1.54) is 0 Å². The molecule has 2 aromatic rings. The molecule has 1 unspecified atom stereocenters. The van der Waals surface area contributed by atoms with Gasteiger partial charge >= 0.3 is 0 Å². The van der Waals surface area contributed by atoms with Crippen LogP contribution in [0.25, 0.3) is 0 Å². The summed E-state index contributed by atoms with van der Waals surface area (Å²) in [5.41, 5.74) is 1.09. The van der Waals surface area contributed by atoms with E-state index in [0.717, 1.165) is 18.4 Å². The molecule has 1 aromatic carbocycles. The zero-order valence-corrected chi connectivity index (χ0v) is 16.6. The maximum absolute atomic E-state index is 12.7. The normalized spacial score (nSPS) is 16.8. The van der Waals surface area contributed by atoms with E-state index in [2.05, 4.69) is 15.6 Å². The highest BCUT2D eigenvalue weighted by Gasteiger charge is 2.26. The Morgan fingerprint density at radius 2 is 2.18 bits per heavy atom. The van der Waals surface area contributed by atoms with Crippen LogP contribution < -0.4 is 5.32 Å². The number of benzene rings is 1. The molecule has 0 saturated carbocycles. The van der Waals surface area contributed by atoms with Crippen molar-refractivity contribution in [3.63, 3.8) is 0 Å². The number of carbonyl (C=O) groups is 2. The first kappa shape index (κ1) is 20.3. The highest BCUT2D eigenvalue weighted by molar-refractivity contribution is 6.31.